The van der Waals surface area contributed by atoms with E-state index in [4.69, 9.17) is 5.11 Å². The first-order chi connectivity index (χ1) is 9.32. The number of H-pyrrole nitrogens is 1. The van der Waals surface area contributed by atoms with E-state index in [1.807, 2.05) is 0 Å². The summed E-state index contributed by atoms with van der Waals surface area (Å²) >= 11 is 1.44. The van der Waals surface area contributed by atoms with Gasteiger partial charge in [-0.05, 0) is 0 Å². The molecular formula is C10H13N3O5S2. The predicted octanol–water partition coefficient (Wildman–Crippen LogP) is -0.332. The highest BCUT2D eigenvalue weighted by molar-refractivity contribution is 8.00. The van der Waals surface area contributed by atoms with E-state index in [-0.39, 0.29) is 23.7 Å². The van der Waals surface area contributed by atoms with Gasteiger partial charge in [-0.2, -0.15) is 11.8 Å². The monoisotopic (exact) mass is 319 g/mol. The third kappa shape index (κ3) is 2.80. The van der Waals surface area contributed by atoms with Crippen LogP contribution in [0.1, 0.15) is 21.0 Å². The Morgan fingerprint density at radius 1 is 1.55 bits per heavy atom. The average molecular weight is 319 g/mol. The van der Waals surface area contributed by atoms with Crippen molar-refractivity contribution in [2.75, 3.05) is 24.3 Å². The molecule has 1 aromatic rings. The van der Waals surface area contributed by atoms with Crippen molar-refractivity contribution in [2.24, 2.45) is 0 Å². The summed E-state index contributed by atoms with van der Waals surface area (Å²) in [6.07, 6.45) is 2.16. The molecule has 8 nitrogen and oxygen atoms in total. The molecule has 1 aliphatic rings. The Balaban J connectivity index is 2.35. The second-order valence-electron chi connectivity index (χ2n) is 4.29. The molecule has 1 unspecified atom stereocenters. The van der Waals surface area contributed by atoms with E-state index in [9.17, 15) is 18.0 Å². The normalized spacial score (nSPS) is 19.9. The van der Waals surface area contributed by atoms with Crippen LogP contribution < -0.4 is 0 Å². The van der Waals surface area contributed by atoms with Gasteiger partial charge < -0.3 is 15.0 Å². The van der Waals surface area contributed by atoms with E-state index in [2.05, 4.69) is 9.97 Å². The van der Waals surface area contributed by atoms with Crippen LogP contribution in [0.4, 0.5) is 0 Å². The number of rotatable bonds is 3. The van der Waals surface area contributed by atoms with Gasteiger partial charge >= 0.3 is 5.97 Å². The fraction of sp³-hybridized carbons (Fsp3) is 0.500. The number of hydrogen-bond acceptors (Lipinski definition) is 6. The molecule has 10 heteroatoms. The number of carbonyl (C=O) groups is 2. The molecule has 1 amide bonds. The highest BCUT2D eigenvalue weighted by Crippen LogP contribution is 2.22. The fourth-order valence-electron chi connectivity index (χ4n) is 1.92. The van der Waals surface area contributed by atoms with Crippen molar-refractivity contribution in [1.29, 1.82) is 0 Å². The number of aromatic nitrogens is 2. The molecule has 2 heterocycles. The first-order valence-electron chi connectivity index (χ1n) is 5.66. The minimum atomic E-state index is -3.45. The molecule has 1 saturated heterocycles. The van der Waals surface area contributed by atoms with Gasteiger partial charge in [0.2, 0.25) is 0 Å². The lowest BCUT2D eigenvalue weighted by Gasteiger charge is -2.33. The molecule has 110 valence electrons. The average Bonchev–Trinajstić information content (AvgIpc) is 2.86. The topological polar surface area (TPSA) is 120 Å². The van der Waals surface area contributed by atoms with Crippen molar-refractivity contribution < 1.29 is 23.1 Å². The minimum Gasteiger partial charge on any atom is -0.477 e. The summed E-state index contributed by atoms with van der Waals surface area (Å²) in [7, 11) is -3.45. The van der Waals surface area contributed by atoms with E-state index in [0.717, 1.165) is 12.6 Å². The maximum Gasteiger partial charge on any atom is 0.354 e. The predicted molar refractivity (Wildman–Crippen MR) is 72.5 cm³/mol. The van der Waals surface area contributed by atoms with Crippen LogP contribution in [0.5, 0.6) is 0 Å². The Labute approximate surface area is 119 Å². The summed E-state index contributed by atoms with van der Waals surface area (Å²) in [6, 6.07) is 0. The molecule has 0 aromatic carbocycles. The Kier molecular flexibility index (Phi) is 4.04. The van der Waals surface area contributed by atoms with Crippen LogP contribution in [0.25, 0.3) is 0 Å². The maximum absolute atomic E-state index is 12.3. The van der Waals surface area contributed by atoms with Crippen LogP contribution in [0.2, 0.25) is 0 Å². The van der Waals surface area contributed by atoms with Gasteiger partial charge in [0.25, 0.3) is 5.91 Å². The Morgan fingerprint density at radius 3 is 2.85 bits per heavy atom. The summed E-state index contributed by atoms with van der Waals surface area (Å²) in [5.41, 5.74) is -0.599. The number of sulfone groups is 1. The number of carboxylic acids is 1. The van der Waals surface area contributed by atoms with Crippen molar-refractivity contribution in [2.45, 2.75) is 5.37 Å². The van der Waals surface area contributed by atoms with Gasteiger partial charge in [-0.25, -0.2) is 18.2 Å². The highest BCUT2D eigenvalue weighted by atomic mass is 32.2. The fourth-order valence-corrected chi connectivity index (χ4v) is 4.74. The number of aromatic carboxylic acids is 1. The van der Waals surface area contributed by atoms with Crippen molar-refractivity contribution in [3.63, 3.8) is 0 Å². The first-order valence-corrected chi connectivity index (χ1v) is 8.77. The molecule has 2 rings (SSSR count). The first kappa shape index (κ1) is 14.9. The number of amides is 1. The molecule has 1 aliphatic heterocycles. The van der Waals surface area contributed by atoms with E-state index >= 15 is 0 Å². The summed E-state index contributed by atoms with van der Waals surface area (Å²) in [5.74, 6) is -1.12. The molecule has 0 saturated carbocycles. The molecule has 0 bridgehead atoms. The van der Waals surface area contributed by atoms with Gasteiger partial charge in [0, 0.05) is 24.3 Å². The van der Waals surface area contributed by atoms with Gasteiger partial charge in [-0.15, -0.1) is 0 Å². The SMILES string of the molecule is CS(=O)(=O)C1CSCCN1C(=O)c1nc[nH]c1C(=O)O. The standard InChI is InChI=1S/C10H13N3O5S2/c1-20(17,18)6-4-19-3-2-13(6)9(14)7-8(10(15)16)12-5-11-7/h5-6H,2-4H2,1H3,(H,11,12)(H,15,16). The van der Waals surface area contributed by atoms with Gasteiger partial charge in [-0.1, -0.05) is 0 Å². The number of nitrogens with zero attached hydrogens (tertiary/aromatic N) is 2. The molecule has 1 fully saturated rings. The Morgan fingerprint density at radius 2 is 2.25 bits per heavy atom. The van der Waals surface area contributed by atoms with Gasteiger partial charge in [0.1, 0.15) is 5.37 Å². The van der Waals surface area contributed by atoms with Crippen molar-refractivity contribution in [3.05, 3.63) is 17.7 Å². The largest absolute Gasteiger partial charge is 0.477 e. The molecular weight excluding hydrogens is 306 g/mol. The number of carbonyl (C=O) groups excluding carboxylic acids is 1. The zero-order valence-corrected chi connectivity index (χ0v) is 12.2. The summed E-state index contributed by atoms with van der Waals surface area (Å²) < 4.78 is 23.5. The van der Waals surface area contributed by atoms with Crippen molar-refractivity contribution in [1.82, 2.24) is 14.9 Å². The molecule has 1 aromatic heterocycles. The lowest BCUT2D eigenvalue weighted by Crippen LogP contribution is -2.50. The number of nitrogens with one attached hydrogen (secondary N) is 1. The molecule has 0 radical (unpaired) electrons. The number of hydrogen-bond donors (Lipinski definition) is 2. The smallest absolute Gasteiger partial charge is 0.354 e. The van der Waals surface area contributed by atoms with Gasteiger partial charge in [0.05, 0.1) is 6.33 Å². The molecule has 20 heavy (non-hydrogen) atoms. The maximum atomic E-state index is 12.3. The third-order valence-electron chi connectivity index (χ3n) is 2.90. The molecule has 0 spiro atoms. The minimum absolute atomic E-state index is 0.243. The van der Waals surface area contributed by atoms with E-state index in [0.29, 0.717) is 5.75 Å². The number of carboxylic acid groups (broad SMARTS) is 1. The number of thioether (sulfide) groups is 1. The molecule has 2 N–H and O–H groups in total. The van der Waals surface area contributed by atoms with Crippen LogP contribution in [0.3, 0.4) is 0 Å². The van der Waals surface area contributed by atoms with Crippen molar-refractivity contribution >= 4 is 33.5 Å². The van der Waals surface area contributed by atoms with Crippen LogP contribution in [0.15, 0.2) is 6.33 Å². The molecule has 0 aliphatic carbocycles. The lowest BCUT2D eigenvalue weighted by atomic mass is 10.3. The third-order valence-corrected chi connectivity index (χ3v) is 5.54. The number of aromatic amines is 1. The van der Waals surface area contributed by atoms with Crippen LogP contribution >= 0.6 is 11.8 Å². The molecule has 1 atom stereocenters. The van der Waals surface area contributed by atoms with Crippen LogP contribution in [0, 0.1) is 0 Å². The van der Waals surface area contributed by atoms with Crippen LogP contribution in [-0.2, 0) is 9.84 Å². The number of imidazole rings is 1. The Bertz CT molecular complexity index is 639. The Hall–Kier alpha value is -1.55. The summed E-state index contributed by atoms with van der Waals surface area (Å²) in [6.45, 7) is 0.243. The highest BCUT2D eigenvalue weighted by Gasteiger charge is 2.36. The summed E-state index contributed by atoms with van der Waals surface area (Å²) in [4.78, 5) is 30.6. The summed E-state index contributed by atoms with van der Waals surface area (Å²) in [5, 5.41) is 8.01. The van der Waals surface area contributed by atoms with Gasteiger partial charge in [-0.3, -0.25) is 4.79 Å². The van der Waals surface area contributed by atoms with E-state index in [1.165, 1.54) is 16.7 Å². The lowest BCUT2D eigenvalue weighted by molar-refractivity contribution is 0.0667. The van der Waals surface area contributed by atoms with E-state index < -0.39 is 27.1 Å². The second kappa shape index (κ2) is 5.44. The quantitative estimate of drug-likeness (QED) is 0.782. The zero-order valence-electron chi connectivity index (χ0n) is 10.6. The van der Waals surface area contributed by atoms with Gasteiger partial charge in [0.15, 0.2) is 21.2 Å². The van der Waals surface area contributed by atoms with E-state index in [1.54, 1.807) is 0 Å². The second-order valence-corrected chi connectivity index (χ2v) is 7.64. The van der Waals surface area contributed by atoms with Crippen LogP contribution in [-0.4, -0.2) is 69.9 Å². The zero-order chi connectivity index (χ0) is 14.9. The van der Waals surface area contributed by atoms with Crippen molar-refractivity contribution in [3.8, 4) is 0 Å².